The Balaban J connectivity index is 2.76. The maximum Gasteiger partial charge on any atom is 0.227 e. The van der Waals surface area contributed by atoms with Crippen LogP contribution in [-0.2, 0) is 11.0 Å². The van der Waals surface area contributed by atoms with E-state index in [9.17, 15) is 4.79 Å². The molecule has 1 aromatic rings. The molecule has 0 spiro atoms. The van der Waals surface area contributed by atoms with Crippen LogP contribution in [0.1, 0.15) is 26.5 Å². The number of hydrogen-bond acceptors (Lipinski definition) is 4. The summed E-state index contributed by atoms with van der Waals surface area (Å²) in [6, 6.07) is 1.42. The molecule has 0 fully saturated rings. The molecule has 102 valence electrons. The van der Waals surface area contributed by atoms with Crippen molar-refractivity contribution in [3.63, 3.8) is 0 Å². The Bertz CT molecular complexity index is 457. The summed E-state index contributed by atoms with van der Waals surface area (Å²) < 4.78 is 16.1. The lowest BCUT2D eigenvalue weighted by atomic mass is 10.2. The maximum atomic E-state index is 11.6. The van der Waals surface area contributed by atoms with Gasteiger partial charge in [0, 0.05) is 6.07 Å². The zero-order chi connectivity index (χ0) is 14.0. The minimum atomic E-state index is -1.82. The summed E-state index contributed by atoms with van der Waals surface area (Å²) >= 11 is 0. The molecule has 0 aliphatic rings. The summed E-state index contributed by atoms with van der Waals surface area (Å²) in [5.41, 5.74) is -0.183. The molecule has 1 heterocycles. The van der Waals surface area contributed by atoms with Crippen molar-refractivity contribution < 1.29 is 13.6 Å². The first kappa shape index (κ1) is 15.0. The van der Waals surface area contributed by atoms with Crippen molar-refractivity contribution in [3.05, 3.63) is 28.3 Å². The SMILES string of the molecule is COc1coc(CO[Si](C)(C)C(C)(C)C)cc1=O. The van der Waals surface area contributed by atoms with Crippen molar-refractivity contribution in [2.24, 2.45) is 0 Å². The Morgan fingerprint density at radius 3 is 2.39 bits per heavy atom. The summed E-state index contributed by atoms with van der Waals surface area (Å²) in [6.07, 6.45) is 1.33. The van der Waals surface area contributed by atoms with Gasteiger partial charge in [-0.1, -0.05) is 20.8 Å². The van der Waals surface area contributed by atoms with Gasteiger partial charge in [-0.3, -0.25) is 4.79 Å². The highest BCUT2D eigenvalue weighted by molar-refractivity contribution is 6.74. The average Bonchev–Trinajstić information content (AvgIpc) is 2.25. The van der Waals surface area contributed by atoms with Crippen LogP contribution >= 0.6 is 0 Å². The highest BCUT2D eigenvalue weighted by Crippen LogP contribution is 2.36. The molecule has 0 aromatic carbocycles. The zero-order valence-electron chi connectivity index (χ0n) is 12.0. The number of rotatable bonds is 4. The third-order valence-electron chi connectivity index (χ3n) is 3.45. The van der Waals surface area contributed by atoms with Gasteiger partial charge in [0.1, 0.15) is 12.0 Å². The molecule has 1 aromatic heterocycles. The number of ether oxygens (including phenoxy) is 1. The summed E-state index contributed by atoms with van der Waals surface area (Å²) in [4.78, 5) is 11.6. The van der Waals surface area contributed by atoms with Crippen LogP contribution in [0.15, 0.2) is 21.5 Å². The second-order valence-corrected chi connectivity index (χ2v) is 10.6. The van der Waals surface area contributed by atoms with E-state index in [-0.39, 0.29) is 16.2 Å². The van der Waals surface area contributed by atoms with Gasteiger partial charge >= 0.3 is 0 Å². The minimum absolute atomic E-state index is 0.139. The lowest BCUT2D eigenvalue weighted by Gasteiger charge is -2.35. The summed E-state index contributed by atoms with van der Waals surface area (Å²) in [5.74, 6) is 0.747. The molecule has 0 N–H and O–H groups in total. The fraction of sp³-hybridized carbons (Fsp3) is 0.615. The van der Waals surface area contributed by atoms with Crippen LogP contribution in [0.2, 0.25) is 18.1 Å². The zero-order valence-corrected chi connectivity index (χ0v) is 13.0. The largest absolute Gasteiger partial charge is 0.490 e. The normalized spacial score (nSPS) is 12.6. The van der Waals surface area contributed by atoms with E-state index in [0.717, 1.165) is 0 Å². The highest BCUT2D eigenvalue weighted by atomic mass is 28.4. The lowest BCUT2D eigenvalue weighted by molar-refractivity contribution is 0.240. The first-order chi connectivity index (χ1) is 8.17. The molecule has 0 unspecified atom stereocenters. The molecule has 18 heavy (non-hydrogen) atoms. The molecule has 4 nitrogen and oxygen atoms in total. The van der Waals surface area contributed by atoms with Crippen LogP contribution in [-0.4, -0.2) is 15.4 Å². The first-order valence-corrected chi connectivity index (χ1v) is 8.88. The van der Waals surface area contributed by atoms with E-state index in [1.165, 1.54) is 19.4 Å². The fourth-order valence-electron chi connectivity index (χ4n) is 1.13. The molecule has 5 heteroatoms. The molecule has 0 amide bonds. The van der Waals surface area contributed by atoms with Crippen LogP contribution in [0.25, 0.3) is 0 Å². The molecular weight excluding hydrogens is 248 g/mol. The standard InChI is InChI=1S/C13H22O4Si/c1-13(2,3)18(5,6)17-8-10-7-11(14)12(15-4)9-16-10/h7,9H,8H2,1-6H3. The Morgan fingerprint density at radius 1 is 1.33 bits per heavy atom. The van der Waals surface area contributed by atoms with Crippen molar-refractivity contribution in [1.82, 2.24) is 0 Å². The molecule has 0 aliphatic heterocycles. The molecular formula is C13H22O4Si. The van der Waals surface area contributed by atoms with E-state index in [0.29, 0.717) is 12.4 Å². The van der Waals surface area contributed by atoms with Crippen molar-refractivity contribution in [2.45, 2.75) is 45.5 Å². The second kappa shape index (κ2) is 5.28. The van der Waals surface area contributed by atoms with E-state index in [4.69, 9.17) is 13.6 Å². The van der Waals surface area contributed by atoms with Gasteiger partial charge in [0.25, 0.3) is 0 Å². The van der Waals surface area contributed by atoms with Crippen molar-refractivity contribution >= 4 is 8.32 Å². The topological polar surface area (TPSA) is 48.7 Å². The summed E-state index contributed by atoms with van der Waals surface area (Å²) in [5, 5.41) is 0.139. The predicted molar refractivity (Wildman–Crippen MR) is 73.5 cm³/mol. The average molecular weight is 270 g/mol. The third-order valence-corrected chi connectivity index (χ3v) is 7.93. The van der Waals surface area contributed by atoms with Gasteiger partial charge < -0.3 is 13.6 Å². The smallest absolute Gasteiger partial charge is 0.227 e. The predicted octanol–water partition coefficient (Wildman–Crippen LogP) is 3.17. The number of methoxy groups -OCH3 is 1. The van der Waals surface area contributed by atoms with Crippen molar-refractivity contribution in [1.29, 1.82) is 0 Å². The Kier molecular flexibility index (Phi) is 4.40. The summed E-state index contributed by atoms with van der Waals surface area (Å²) in [7, 11) is -0.378. The second-order valence-electron chi connectivity index (χ2n) is 5.83. The van der Waals surface area contributed by atoms with Crippen LogP contribution in [0.5, 0.6) is 5.75 Å². The first-order valence-electron chi connectivity index (χ1n) is 5.97. The van der Waals surface area contributed by atoms with E-state index < -0.39 is 8.32 Å². The van der Waals surface area contributed by atoms with E-state index in [1.54, 1.807) is 0 Å². The molecule has 0 atom stereocenters. The van der Waals surface area contributed by atoms with Gasteiger partial charge in [0.2, 0.25) is 11.2 Å². The van der Waals surface area contributed by atoms with Gasteiger partial charge in [0.05, 0.1) is 13.7 Å². The van der Waals surface area contributed by atoms with Gasteiger partial charge in [-0.05, 0) is 18.1 Å². The molecule has 0 saturated carbocycles. The maximum absolute atomic E-state index is 11.6. The van der Waals surface area contributed by atoms with Crippen molar-refractivity contribution in [3.8, 4) is 5.75 Å². The van der Waals surface area contributed by atoms with E-state index in [1.807, 2.05) is 0 Å². The summed E-state index contributed by atoms with van der Waals surface area (Å²) in [6.45, 7) is 11.2. The quantitative estimate of drug-likeness (QED) is 0.788. The Hall–Kier alpha value is -1.07. The van der Waals surface area contributed by atoms with Crippen LogP contribution in [0.3, 0.4) is 0 Å². The van der Waals surface area contributed by atoms with Gasteiger partial charge in [-0.15, -0.1) is 0 Å². The van der Waals surface area contributed by atoms with Crippen LogP contribution < -0.4 is 10.2 Å². The monoisotopic (exact) mass is 270 g/mol. The van der Waals surface area contributed by atoms with E-state index in [2.05, 4.69) is 33.9 Å². The van der Waals surface area contributed by atoms with Crippen molar-refractivity contribution in [2.75, 3.05) is 7.11 Å². The Labute approximate surface area is 109 Å². The third kappa shape index (κ3) is 3.46. The number of hydrogen-bond donors (Lipinski definition) is 0. The molecule has 0 saturated heterocycles. The minimum Gasteiger partial charge on any atom is -0.490 e. The van der Waals surface area contributed by atoms with Gasteiger partial charge in [-0.25, -0.2) is 0 Å². The molecule has 0 aliphatic carbocycles. The molecule has 1 rings (SSSR count). The van der Waals surface area contributed by atoms with E-state index >= 15 is 0 Å². The lowest BCUT2D eigenvalue weighted by Crippen LogP contribution is -2.40. The highest BCUT2D eigenvalue weighted by Gasteiger charge is 2.37. The van der Waals surface area contributed by atoms with Crippen LogP contribution in [0, 0.1) is 0 Å². The molecule has 0 bridgehead atoms. The molecule has 0 radical (unpaired) electrons. The van der Waals surface area contributed by atoms with Gasteiger partial charge in [-0.2, -0.15) is 0 Å². The van der Waals surface area contributed by atoms with Gasteiger partial charge in [0.15, 0.2) is 8.32 Å². The van der Waals surface area contributed by atoms with Crippen LogP contribution in [0.4, 0.5) is 0 Å². The fourth-order valence-corrected chi connectivity index (χ4v) is 2.07. The Morgan fingerprint density at radius 2 is 1.94 bits per heavy atom.